The van der Waals surface area contributed by atoms with Crippen LogP contribution in [0.5, 0.6) is 0 Å². The molecule has 0 bridgehead atoms. The molecule has 0 spiro atoms. The number of thioether (sulfide) groups is 1. The van der Waals surface area contributed by atoms with Crippen LogP contribution in [0, 0.1) is 5.92 Å². The monoisotopic (exact) mass is 259 g/mol. The maximum Gasteiger partial charge on any atom is 0.223 e. The van der Waals surface area contributed by atoms with E-state index in [4.69, 9.17) is 5.11 Å². The molecule has 1 aliphatic carbocycles. The van der Waals surface area contributed by atoms with Gasteiger partial charge in [0.15, 0.2) is 0 Å². The lowest BCUT2D eigenvalue weighted by molar-refractivity contribution is -0.126. The van der Waals surface area contributed by atoms with E-state index in [9.17, 15) is 4.79 Å². The predicted molar refractivity (Wildman–Crippen MR) is 73.2 cm³/mol. The third-order valence-electron chi connectivity index (χ3n) is 3.42. The molecule has 0 radical (unpaired) electrons. The number of aliphatic hydroxyl groups excluding tert-OH is 1. The Morgan fingerprint density at radius 3 is 2.53 bits per heavy atom. The summed E-state index contributed by atoms with van der Waals surface area (Å²) in [4.78, 5) is 12.1. The maximum absolute atomic E-state index is 12.1. The molecule has 17 heavy (non-hydrogen) atoms. The molecule has 0 aromatic heterocycles. The molecule has 4 heteroatoms. The third-order valence-corrected chi connectivity index (χ3v) is 4.15. The molecular weight excluding hydrogens is 234 g/mol. The Labute approximate surface area is 109 Å². The van der Waals surface area contributed by atoms with E-state index >= 15 is 0 Å². The minimum absolute atomic E-state index is 0.130. The Hall–Kier alpha value is -0.220. The zero-order valence-electron chi connectivity index (χ0n) is 10.8. The van der Waals surface area contributed by atoms with Gasteiger partial charge in [0.05, 0.1) is 0 Å². The first-order valence-electron chi connectivity index (χ1n) is 6.68. The second-order valence-electron chi connectivity index (χ2n) is 4.86. The fourth-order valence-electron chi connectivity index (χ4n) is 2.41. The molecule has 100 valence electrons. The van der Waals surface area contributed by atoms with Crippen molar-refractivity contribution in [3.05, 3.63) is 0 Å². The highest BCUT2D eigenvalue weighted by Gasteiger charge is 2.22. The van der Waals surface area contributed by atoms with Crippen molar-refractivity contribution in [2.45, 2.75) is 51.0 Å². The third kappa shape index (κ3) is 5.77. The molecular formula is C13H25NO2S. The van der Waals surface area contributed by atoms with Crippen molar-refractivity contribution in [3.63, 3.8) is 0 Å². The summed E-state index contributed by atoms with van der Waals surface area (Å²) in [7, 11) is 0. The summed E-state index contributed by atoms with van der Waals surface area (Å²) in [5, 5.41) is 12.1. The van der Waals surface area contributed by atoms with Gasteiger partial charge in [-0.1, -0.05) is 25.7 Å². The Bertz CT molecular complexity index is 209. The van der Waals surface area contributed by atoms with E-state index in [0.717, 1.165) is 18.6 Å². The normalized spacial score (nSPS) is 19.6. The fraction of sp³-hybridized carbons (Fsp3) is 0.923. The highest BCUT2D eigenvalue weighted by Crippen LogP contribution is 2.23. The Kier molecular flexibility index (Phi) is 7.69. The second kappa shape index (κ2) is 8.81. The van der Waals surface area contributed by atoms with Crippen LogP contribution in [0.1, 0.15) is 44.9 Å². The van der Waals surface area contributed by atoms with Crippen LogP contribution >= 0.6 is 11.8 Å². The minimum Gasteiger partial charge on any atom is -0.396 e. The molecule has 3 nitrogen and oxygen atoms in total. The zero-order valence-corrected chi connectivity index (χ0v) is 11.6. The number of nitrogens with one attached hydrogen (secondary N) is 1. The first kappa shape index (κ1) is 14.8. The molecule has 1 fully saturated rings. The summed E-state index contributed by atoms with van der Waals surface area (Å²) in [6, 6.07) is 0.130. The molecule has 0 aromatic carbocycles. The molecule has 0 aromatic rings. The molecule has 0 saturated heterocycles. The Morgan fingerprint density at radius 2 is 2.00 bits per heavy atom. The van der Waals surface area contributed by atoms with E-state index in [2.05, 4.69) is 5.32 Å². The number of carbonyl (C=O) groups excluding carboxylic acids is 1. The quantitative estimate of drug-likeness (QED) is 0.719. The van der Waals surface area contributed by atoms with Crippen molar-refractivity contribution in [1.82, 2.24) is 5.32 Å². The van der Waals surface area contributed by atoms with Gasteiger partial charge in [0.2, 0.25) is 5.91 Å². The van der Waals surface area contributed by atoms with Gasteiger partial charge < -0.3 is 10.4 Å². The van der Waals surface area contributed by atoms with Crippen LogP contribution in [0.3, 0.4) is 0 Å². The van der Waals surface area contributed by atoms with E-state index in [1.807, 2.05) is 6.26 Å². The molecule has 1 atom stereocenters. The van der Waals surface area contributed by atoms with Gasteiger partial charge in [-0.25, -0.2) is 0 Å². The standard InChI is InChI=1S/C13H25NO2S/c1-17-10-12(8-9-15)14-13(16)11-6-4-2-3-5-7-11/h11-12,15H,2-10H2,1H3,(H,14,16). The first-order chi connectivity index (χ1) is 8.27. The number of amides is 1. The average molecular weight is 259 g/mol. The van der Waals surface area contributed by atoms with E-state index in [0.29, 0.717) is 6.42 Å². The predicted octanol–water partition coefficient (Wildman–Crippen LogP) is 2.19. The lowest BCUT2D eigenvalue weighted by Crippen LogP contribution is -2.40. The molecule has 0 aliphatic heterocycles. The van der Waals surface area contributed by atoms with Crippen molar-refractivity contribution in [1.29, 1.82) is 0 Å². The average Bonchev–Trinajstić information content (AvgIpc) is 2.58. The number of aliphatic hydroxyl groups is 1. The largest absolute Gasteiger partial charge is 0.396 e. The summed E-state index contributed by atoms with van der Waals surface area (Å²) in [6.07, 6.45) is 9.69. The highest BCUT2D eigenvalue weighted by molar-refractivity contribution is 7.98. The van der Waals surface area contributed by atoms with Crippen molar-refractivity contribution in [3.8, 4) is 0 Å². The van der Waals surface area contributed by atoms with E-state index in [1.54, 1.807) is 11.8 Å². The van der Waals surface area contributed by atoms with Crippen LogP contribution < -0.4 is 5.32 Å². The number of hydrogen-bond donors (Lipinski definition) is 2. The summed E-state index contributed by atoms with van der Waals surface area (Å²) in [6.45, 7) is 0.149. The Morgan fingerprint density at radius 1 is 1.35 bits per heavy atom. The summed E-state index contributed by atoms with van der Waals surface area (Å²) < 4.78 is 0. The van der Waals surface area contributed by atoms with Gasteiger partial charge >= 0.3 is 0 Å². The summed E-state index contributed by atoms with van der Waals surface area (Å²) in [5.74, 6) is 1.30. The first-order valence-corrected chi connectivity index (χ1v) is 8.07. The number of hydrogen-bond acceptors (Lipinski definition) is 3. The summed E-state index contributed by atoms with van der Waals surface area (Å²) in [5.41, 5.74) is 0. The molecule has 0 heterocycles. The smallest absolute Gasteiger partial charge is 0.223 e. The molecule has 1 amide bonds. The number of carbonyl (C=O) groups is 1. The molecule has 2 N–H and O–H groups in total. The summed E-state index contributed by atoms with van der Waals surface area (Å²) >= 11 is 1.72. The maximum atomic E-state index is 12.1. The van der Waals surface area contributed by atoms with Gasteiger partial charge in [0.25, 0.3) is 0 Å². The van der Waals surface area contributed by atoms with Crippen molar-refractivity contribution in [2.24, 2.45) is 5.92 Å². The zero-order chi connectivity index (χ0) is 12.5. The highest BCUT2D eigenvalue weighted by atomic mass is 32.2. The fourth-order valence-corrected chi connectivity index (χ4v) is 3.07. The lowest BCUT2D eigenvalue weighted by atomic mass is 9.99. The van der Waals surface area contributed by atoms with Gasteiger partial charge in [-0.05, 0) is 25.5 Å². The minimum atomic E-state index is 0.130. The van der Waals surface area contributed by atoms with Crippen molar-refractivity contribution >= 4 is 17.7 Å². The van der Waals surface area contributed by atoms with Crippen LogP contribution in [-0.4, -0.2) is 35.7 Å². The van der Waals surface area contributed by atoms with Gasteiger partial charge in [0.1, 0.15) is 0 Å². The van der Waals surface area contributed by atoms with Gasteiger partial charge in [-0.3, -0.25) is 4.79 Å². The lowest BCUT2D eigenvalue weighted by Gasteiger charge is -2.20. The van der Waals surface area contributed by atoms with Crippen molar-refractivity contribution in [2.75, 3.05) is 18.6 Å². The van der Waals surface area contributed by atoms with Crippen LogP contribution in [0.15, 0.2) is 0 Å². The Balaban J connectivity index is 2.38. The van der Waals surface area contributed by atoms with E-state index < -0.39 is 0 Å². The number of rotatable bonds is 6. The van der Waals surface area contributed by atoms with E-state index in [1.165, 1.54) is 25.7 Å². The molecule has 1 unspecified atom stereocenters. The molecule has 1 aliphatic rings. The van der Waals surface area contributed by atoms with Crippen molar-refractivity contribution < 1.29 is 9.90 Å². The van der Waals surface area contributed by atoms with Crippen LogP contribution in [0.25, 0.3) is 0 Å². The van der Waals surface area contributed by atoms with Crippen LogP contribution in [0.2, 0.25) is 0 Å². The molecule has 1 saturated carbocycles. The SMILES string of the molecule is CSCC(CCO)NC(=O)C1CCCCCC1. The van der Waals surface area contributed by atoms with Gasteiger partial charge in [-0.15, -0.1) is 0 Å². The topological polar surface area (TPSA) is 49.3 Å². The van der Waals surface area contributed by atoms with Gasteiger partial charge in [0, 0.05) is 24.3 Å². The molecule has 1 rings (SSSR count). The van der Waals surface area contributed by atoms with Crippen LogP contribution in [-0.2, 0) is 4.79 Å². The van der Waals surface area contributed by atoms with Crippen LogP contribution in [0.4, 0.5) is 0 Å². The van der Waals surface area contributed by atoms with Gasteiger partial charge in [-0.2, -0.15) is 11.8 Å². The van der Waals surface area contributed by atoms with E-state index in [-0.39, 0.29) is 24.5 Å². The second-order valence-corrected chi connectivity index (χ2v) is 5.77.